The van der Waals surface area contributed by atoms with Crippen LogP contribution >= 0.6 is 0 Å². The van der Waals surface area contributed by atoms with Crippen LogP contribution in [-0.2, 0) is 9.53 Å². The van der Waals surface area contributed by atoms with Gasteiger partial charge in [-0.05, 0) is 0 Å². The maximum atomic E-state index is 11.8. The zero-order valence-corrected chi connectivity index (χ0v) is 13.5. The van der Waals surface area contributed by atoms with Gasteiger partial charge >= 0.3 is 0 Å². The molecule has 0 aromatic carbocycles. The van der Waals surface area contributed by atoms with Gasteiger partial charge in [0.25, 0.3) is 0 Å². The van der Waals surface area contributed by atoms with Crippen molar-refractivity contribution in [3.05, 3.63) is 0 Å². The third-order valence-electron chi connectivity index (χ3n) is 3.09. The molecule has 4 nitrogen and oxygen atoms in total. The molecule has 1 N–H and O–H groups in total. The van der Waals surface area contributed by atoms with Crippen molar-refractivity contribution in [1.29, 1.82) is 0 Å². The van der Waals surface area contributed by atoms with Crippen molar-refractivity contribution in [2.45, 2.75) is 40.7 Å². The molecule has 20 heavy (non-hydrogen) atoms. The lowest BCUT2D eigenvalue weighted by Gasteiger charge is -2.32. The summed E-state index contributed by atoms with van der Waals surface area (Å²) >= 11 is 0. The van der Waals surface area contributed by atoms with Gasteiger partial charge in [-0.3, -0.25) is 9.69 Å². The van der Waals surface area contributed by atoms with Crippen LogP contribution in [0.4, 0.5) is 0 Å². The fourth-order valence-electron chi connectivity index (χ4n) is 1.88. The molecule has 1 atom stereocenters. The van der Waals surface area contributed by atoms with Crippen molar-refractivity contribution in [2.24, 2.45) is 11.3 Å². The van der Waals surface area contributed by atoms with E-state index in [0.29, 0.717) is 19.1 Å². The molecule has 1 aliphatic heterocycles. The number of hydrogen-bond donors (Lipinski definition) is 1. The summed E-state index contributed by atoms with van der Waals surface area (Å²) in [5.74, 6) is 6.85. The van der Waals surface area contributed by atoms with Gasteiger partial charge in [-0.15, -0.1) is 0 Å². The van der Waals surface area contributed by atoms with Gasteiger partial charge in [-0.1, -0.05) is 46.5 Å². The normalized spacial score (nSPS) is 20.4. The van der Waals surface area contributed by atoms with Crippen LogP contribution in [0.15, 0.2) is 0 Å². The largest absolute Gasteiger partial charge is 0.374 e. The van der Waals surface area contributed by atoms with Gasteiger partial charge in [0.1, 0.15) is 0 Å². The second-order valence-electron chi connectivity index (χ2n) is 6.66. The molecule has 0 saturated carbocycles. The van der Waals surface area contributed by atoms with E-state index in [9.17, 15) is 4.79 Å². The highest BCUT2D eigenvalue weighted by Crippen LogP contribution is 2.12. The molecule has 1 fully saturated rings. The third kappa shape index (κ3) is 6.40. The molecule has 0 aliphatic carbocycles. The van der Waals surface area contributed by atoms with Crippen LogP contribution < -0.4 is 5.32 Å². The molecule has 0 radical (unpaired) electrons. The summed E-state index contributed by atoms with van der Waals surface area (Å²) < 4.78 is 5.69. The lowest BCUT2D eigenvalue weighted by Crippen LogP contribution is -2.49. The number of amides is 1. The van der Waals surface area contributed by atoms with Crippen molar-refractivity contribution in [2.75, 3.05) is 32.8 Å². The number of rotatable bonds is 3. The van der Waals surface area contributed by atoms with Gasteiger partial charge in [0.2, 0.25) is 5.91 Å². The zero-order valence-electron chi connectivity index (χ0n) is 13.5. The Hall–Kier alpha value is -1.05. The van der Waals surface area contributed by atoms with Crippen molar-refractivity contribution in [3.63, 3.8) is 0 Å². The minimum Gasteiger partial charge on any atom is -0.374 e. The monoisotopic (exact) mass is 280 g/mol. The number of ether oxygens (including phenoxy) is 1. The summed E-state index contributed by atoms with van der Waals surface area (Å²) in [7, 11) is 0. The van der Waals surface area contributed by atoms with Crippen molar-refractivity contribution < 1.29 is 9.53 Å². The van der Waals surface area contributed by atoms with Gasteiger partial charge in [0.15, 0.2) is 0 Å². The molecule has 0 unspecified atom stereocenters. The highest BCUT2D eigenvalue weighted by atomic mass is 16.5. The maximum Gasteiger partial charge on any atom is 0.225 e. The van der Waals surface area contributed by atoms with Crippen LogP contribution in [0, 0.1) is 23.2 Å². The quantitative estimate of drug-likeness (QED) is 0.797. The zero-order chi connectivity index (χ0) is 15.2. The van der Waals surface area contributed by atoms with Gasteiger partial charge in [0.05, 0.1) is 19.3 Å². The van der Waals surface area contributed by atoms with Gasteiger partial charge < -0.3 is 10.1 Å². The average Bonchev–Trinajstić information content (AvgIpc) is 2.35. The average molecular weight is 280 g/mol. The Morgan fingerprint density at radius 2 is 2.15 bits per heavy atom. The topological polar surface area (TPSA) is 41.6 Å². The summed E-state index contributed by atoms with van der Waals surface area (Å²) in [6.45, 7) is 13.7. The van der Waals surface area contributed by atoms with Crippen LogP contribution in [-0.4, -0.2) is 49.7 Å². The van der Waals surface area contributed by atoms with E-state index in [1.807, 2.05) is 20.8 Å². The van der Waals surface area contributed by atoms with E-state index in [1.54, 1.807) is 0 Å². The smallest absolute Gasteiger partial charge is 0.225 e. The molecule has 0 bridgehead atoms. The number of morpholine rings is 1. The lowest BCUT2D eigenvalue weighted by molar-refractivity contribution is -0.129. The Balaban J connectivity index is 2.35. The highest BCUT2D eigenvalue weighted by Gasteiger charge is 2.24. The molecular weight excluding hydrogens is 252 g/mol. The molecule has 114 valence electrons. The molecule has 4 heteroatoms. The predicted octanol–water partition coefficient (Wildman–Crippen LogP) is 1.51. The Kier molecular flexibility index (Phi) is 6.51. The minimum atomic E-state index is -0.350. The van der Waals surface area contributed by atoms with E-state index < -0.39 is 0 Å². The fraction of sp³-hybridized carbons (Fsp3) is 0.812. The Morgan fingerprint density at radius 3 is 2.75 bits per heavy atom. The summed E-state index contributed by atoms with van der Waals surface area (Å²) in [5.41, 5.74) is -0.350. The van der Waals surface area contributed by atoms with Gasteiger partial charge in [0, 0.05) is 31.0 Å². The molecule has 1 heterocycles. The Morgan fingerprint density at radius 1 is 1.45 bits per heavy atom. The lowest BCUT2D eigenvalue weighted by atomic mass is 9.95. The molecule has 1 amide bonds. The molecular formula is C16H28N2O2. The molecule has 0 spiro atoms. The number of nitrogens with one attached hydrogen (secondary N) is 1. The second-order valence-corrected chi connectivity index (χ2v) is 6.66. The molecule has 1 rings (SSSR count). The van der Waals surface area contributed by atoms with Crippen LogP contribution in [0.2, 0.25) is 0 Å². The van der Waals surface area contributed by atoms with E-state index in [0.717, 1.165) is 19.6 Å². The summed E-state index contributed by atoms with van der Waals surface area (Å²) in [5, 5.41) is 2.96. The van der Waals surface area contributed by atoms with E-state index in [2.05, 4.69) is 35.9 Å². The van der Waals surface area contributed by atoms with Crippen LogP contribution in [0.25, 0.3) is 0 Å². The summed E-state index contributed by atoms with van der Waals surface area (Å²) in [4.78, 5) is 14.1. The van der Waals surface area contributed by atoms with Gasteiger partial charge in [-0.2, -0.15) is 0 Å². The standard InChI is InChI=1S/C16H28N2O2/c1-13(2)7-6-8-18-9-10-20-14(12-18)11-17-15(19)16(3,4)5/h13-14H,8-12H2,1-5H3,(H,17,19)/t14-/m0/s1. The Labute approximate surface area is 123 Å². The van der Waals surface area contributed by atoms with Crippen LogP contribution in [0.5, 0.6) is 0 Å². The van der Waals surface area contributed by atoms with E-state index >= 15 is 0 Å². The van der Waals surface area contributed by atoms with E-state index in [1.165, 1.54) is 0 Å². The van der Waals surface area contributed by atoms with Crippen LogP contribution in [0.3, 0.4) is 0 Å². The highest BCUT2D eigenvalue weighted by molar-refractivity contribution is 5.81. The summed E-state index contributed by atoms with van der Waals surface area (Å²) in [6.07, 6.45) is 0.0656. The number of nitrogens with zero attached hydrogens (tertiary/aromatic N) is 1. The molecule has 0 aromatic rings. The van der Waals surface area contributed by atoms with Crippen molar-refractivity contribution in [3.8, 4) is 11.8 Å². The SMILES string of the molecule is CC(C)C#CCN1CCO[C@@H](CNC(=O)C(C)(C)C)C1. The van der Waals surface area contributed by atoms with E-state index in [4.69, 9.17) is 4.74 Å². The first kappa shape index (κ1) is 17.0. The van der Waals surface area contributed by atoms with Gasteiger partial charge in [-0.25, -0.2) is 0 Å². The third-order valence-corrected chi connectivity index (χ3v) is 3.09. The first-order valence-corrected chi connectivity index (χ1v) is 7.39. The van der Waals surface area contributed by atoms with Crippen molar-refractivity contribution >= 4 is 5.91 Å². The summed E-state index contributed by atoms with van der Waals surface area (Å²) in [6, 6.07) is 0. The maximum absolute atomic E-state index is 11.8. The number of carbonyl (C=O) groups excluding carboxylic acids is 1. The van der Waals surface area contributed by atoms with E-state index in [-0.39, 0.29) is 17.4 Å². The fourth-order valence-corrected chi connectivity index (χ4v) is 1.88. The first-order chi connectivity index (χ1) is 9.29. The molecule has 1 aliphatic rings. The van der Waals surface area contributed by atoms with Crippen molar-refractivity contribution in [1.82, 2.24) is 10.2 Å². The Bertz CT molecular complexity index is 374. The predicted molar refractivity (Wildman–Crippen MR) is 81.3 cm³/mol. The minimum absolute atomic E-state index is 0.0656. The second kappa shape index (κ2) is 7.66. The number of hydrogen-bond acceptors (Lipinski definition) is 3. The molecule has 1 saturated heterocycles. The van der Waals surface area contributed by atoms with Crippen LogP contribution in [0.1, 0.15) is 34.6 Å². The first-order valence-electron chi connectivity index (χ1n) is 7.39. The molecule has 0 aromatic heterocycles. The number of carbonyl (C=O) groups is 1.